The predicted octanol–water partition coefficient (Wildman–Crippen LogP) is -0.875. The van der Waals surface area contributed by atoms with E-state index in [1.165, 1.54) is 12.1 Å². The first-order valence-corrected chi connectivity index (χ1v) is 5.02. The molecular formula is C13H7F2NaO3. The molecule has 0 unspecified atom stereocenters. The van der Waals surface area contributed by atoms with Crippen LogP contribution in [0.15, 0.2) is 42.5 Å². The Morgan fingerprint density at radius 1 is 1.05 bits per heavy atom. The molecule has 0 aliphatic rings. The smallest absolute Gasteiger partial charge is 0.545 e. The van der Waals surface area contributed by atoms with Gasteiger partial charge < -0.3 is 14.6 Å². The Hall–Kier alpha value is -1.43. The van der Waals surface area contributed by atoms with E-state index in [1.54, 1.807) is 18.2 Å². The van der Waals surface area contributed by atoms with Crippen LogP contribution in [0.3, 0.4) is 0 Å². The molecular weight excluding hydrogens is 265 g/mol. The second-order valence-corrected chi connectivity index (χ2v) is 3.44. The number of carboxylic acid groups (broad SMARTS) is 1. The van der Waals surface area contributed by atoms with Crippen LogP contribution in [0.25, 0.3) is 0 Å². The van der Waals surface area contributed by atoms with Crippen molar-refractivity contribution in [1.82, 2.24) is 0 Å². The van der Waals surface area contributed by atoms with Crippen molar-refractivity contribution in [2.24, 2.45) is 0 Å². The van der Waals surface area contributed by atoms with E-state index >= 15 is 0 Å². The molecule has 92 valence electrons. The molecule has 2 rings (SSSR count). The van der Waals surface area contributed by atoms with Gasteiger partial charge in [0.05, 0.1) is 5.97 Å². The van der Waals surface area contributed by atoms with Crippen molar-refractivity contribution >= 4 is 5.97 Å². The maximum atomic E-state index is 13.5. The molecule has 0 amide bonds. The van der Waals surface area contributed by atoms with E-state index in [9.17, 15) is 18.7 Å². The average molecular weight is 272 g/mol. The van der Waals surface area contributed by atoms with Gasteiger partial charge in [0.15, 0.2) is 11.6 Å². The number of rotatable bonds is 3. The average Bonchev–Trinajstić information content (AvgIpc) is 2.36. The number of hydrogen-bond donors (Lipinski definition) is 0. The van der Waals surface area contributed by atoms with Crippen LogP contribution >= 0.6 is 0 Å². The van der Waals surface area contributed by atoms with Gasteiger partial charge in [0.1, 0.15) is 5.75 Å². The molecule has 0 atom stereocenters. The summed E-state index contributed by atoms with van der Waals surface area (Å²) < 4.78 is 31.6. The molecule has 6 heteroatoms. The van der Waals surface area contributed by atoms with Crippen LogP contribution in [-0.4, -0.2) is 5.97 Å². The van der Waals surface area contributed by atoms with E-state index in [1.807, 2.05) is 0 Å². The fourth-order valence-electron chi connectivity index (χ4n) is 1.40. The number of ether oxygens (including phenoxy) is 1. The third-order valence-corrected chi connectivity index (χ3v) is 2.23. The zero-order chi connectivity index (χ0) is 13.1. The standard InChI is InChI=1S/C13H8F2O3.Na/c14-10-7-6-9(13(16)17)12(11(10)15)18-8-4-2-1-3-5-8;/h1-7H,(H,16,17);/q;+1/p-1. The number of aromatic carboxylic acids is 1. The Balaban J connectivity index is 0.00000180. The molecule has 19 heavy (non-hydrogen) atoms. The number of hydrogen-bond acceptors (Lipinski definition) is 3. The van der Waals surface area contributed by atoms with Gasteiger partial charge in [-0.1, -0.05) is 18.2 Å². The van der Waals surface area contributed by atoms with Crippen molar-refractivity contribution < 1.29 is 53.0 Å². The summed E-state index contributed by atoms with van der Waals surface area (Å²) in [5.74, 6) is -4.68. The van der Waals surface area contributed by atoms with Crippen LogP contribution in [0.2, 0.25) is 0 Å². The van der Waals surface area contributed by atoms with E-state index in [4.69, 9.17) is 4.74 Å². The molecule has 0 aliphatic carbocycles. The fraction of sp³-hybridized carbons (Fsp3) is 0. The Labute approximate surface area is 130 Å². The van der Waals surface area contributed by atoms with E-state index in [0.717, 1.165) is 6.07 Å². The molecule has 3 nitrogen and oxygen atoms in total. The summed E-state index contributed by atoms with van der Waals surface area (Å²) in [6.45, 7) is 0. The minimum absolute atomic E-state index is 0. The Morgan fingerprint density at radius 2 is 1.68 bits per heavy atom. The molecule has 0 N–H and O–H groups in total. The fourth-order valence-corrected chi connectivity index (χ4v) is 1.40. The summed E-state index contributed by atoms with van der Waals surface area (Å²) in [5.41, 5.74) is -0.544. The van der Waals surface area contributed by atoms with Crippen LogP contribution in [0, 0.1) is 11.6 Å². The van der Waals surface area contributed by atoms with E-state index in [2.05, 4.69) is 0 Å². The second-order valence-electron chi connectivity index (χ2n) is 3.44. The largest absolute Gasteiger partial charge is 1.00 e. The molecule has 0 saturated heterocycles. The number of halogens is 2. The molecule has 0 aromatic heterocycles. The SMILES string of the molecule is O=C([O-])c1ccc(F)c(F)c1Oc1ccccc1.[Na+]. The van der Waals surface area contributed by atoms with Gasteiger partial charge in [-0.05, 0) is 24.3 Å². The van der Waals surface area contributed by atoms with Gasteiger partial charge in [-0.25, -0.2) is 4.39 Å². The van der Waals surface area contributed by atoms with Crippen LogP contribution < -0.4 is 39.4 Å². The predicted molar refractivity (Wildman–Crippen MR) is 57.2 cm³/mol. The van der Waals surface area contributed by atoms with Crippen molar-refractivity contribution in [3.63, 3.8) is 0 Å². The monoisotopic (exact) mass is 272 g/mol. The molecule has 0 fully saturated rings. The van der Waals surface area contributed by atoms with Crippen LogP contribution in [0.4, 0.5) is 8.78 Å². The van der Waals surface area contributed by atoms with Gasteiger partial charge in [-0.15, -0.1) is 0 Å². The Morgan fingerprint density at radius 3 is 2.26 bits per heavy atom. The Kier molecular flexibility index (Phi) is 5.47. The van der Waals surface area contributed by atoms with Crippen molar-refractivity contribution in [1.29, 1.82) is 0 Å². The third kappa shape index (κ3) is 3.53. The molecule has 0 radical (unpaired) electrons. The zero-order valence-electron chi connectivity index (χ0n) is 10.0. The first kappa shape index (κ1) is 15.6. The van der Waals surface area contributed by atoms with Gasteiger partial charge in [0.25, 0.3) is 0 Å². The summed E-state index contributed by atoms with van der Waals surface area (Å²) in [5, 5.41) is 10.8. The molecule has 2 aromatic carbocycles. The third-order valence-electron chi connectivity index (χ3n) is 2.23. The van der Waals surface area contributed by atoms with E-state index in [0.29, 0.717) is 6.07 Å². The summed E-state index contributed by atoms with van der Waals surface area (Å²) in [6.07, 6.45) is 0. The first-order valence-electron chi connectivity index (χ1n) is 5.02. The number of para-hydroxylation sites is 1. The van der Waals surface area contributed by atoms with Gasteiger partial charge in [0.2, 0.25) is 5.82 Å². The number of carbonyl (C=O) groups is 1. The van der Waals surface area contributed by atoms with Crippen LogP contribution in [0.5, 0.6) is 11.5 Å². The van der Waals surface area contributed by atoms with Crippen molar-refractivity contribution in [3.8, 4) is 11.5 Å². The first-order chi connectivity index (χ1) is 8.59. The normalized spacial score (nSPS) is 9.58. The summed E-state index contributed by atoms with van der Waals surface area (Å²) in [6, 6.07) is 9.52. The number of carbonyl (C=O) groups excluding carboxylic acids is 1. The maximum Gasteiger partial charge on any atom is 1.00 e. The summed E-state index contributed by atoms with van der Waals surface area (Å²) in [4.78, 5) is 10.8. The Bertz CT molecular complexity index is 588. The zero-order valence-corrected chi connectivity index (χ0v) is 12.0. The number of benzene rings is 2. The van der Waals surface area contributed by atoms with Gasteiger partial charge >= 0.3 is 29.6 Å². The molecule has 0 bridgehead atoms. The van der Waals surface area contributed by atoms with E-state index in [-0.39, 0.29) is 35.3 Å². The van der Waals surface area contributed by atoms with E-state index < -0.39 is 28.9 Å². The topological polar surface area (TPSA) is 49.4 Å². The minimum atomic E-state index is -1.64. The van der Waals surface area contributed by atoms with Crippen molar-refractivity contribution in [2.75, 3.05) is 0 Å². The molecule has 0 aliphatic heterocycles. The minimum Gasteiger partial charge on any atom is -0.545 e. The maximum absolute atomic E-state index is 13.5. The van der Waals surface area contributed by atoms with Crippen molar-refractivity contribution in [2.45, 2.75) is 0 Å². The quantitative estimate of drug-likeness (QED) is 0.682. The summed E-state index contributed by atoms with van der Waals surface area (Å²) in [7, 11) is 0. The van der Waals surface area contributed by atoms with Crippen LogP contribution in [-0.2, 0) is 0 Å². The van der Waals surface area contributed by atoms with Gasteiger partial charge in [-0.2, -0.15) is 4.39 Å². The molecule has 2 aromatic rings. The molecule has 0 spiro atoms. The molecule has 0 saturated carbocycles. The van der Waals surface area contributed by atoms with Gasteiger partial charge in [-0.3, -0.25) is 0 Å². The number of carboxylic acids is 1. The molecule has 0 heterocycles. The van der Waals surface area contributed by atoms with Crippen molar-refractivity contribution in [3.05, 3.63) is 59.7 Å². The van der Waals surface area contributed by atoms with Gasteiger partial charge in [0, 0.05) is 5.56 Å². The van der Waals surface area contributed by atoms with Crippen LogP contribution in [0.1, 0.15) is 10.4 Å². The summed E-state index contributed by atoms with van der Waals surface area (Å²) >= 11 is 0. The second kappa shape index (κ2) is 6.65.